The van der Waals surface area contributed by atoms with Crippen molar-refractivity contribution in [3.63, 3.8) is 0 Å². The van der Waals surface area contributed by atoms with E-state index in [-0.39, 0.29) is 22.8 Å². The number of halogens is 2. The Hall–Kier alpha value is -2.98. The average molecular weight is 506 g/mol. The highest BCUT2D eigenvalue weighted by atomic mass is 79.9. The topological polar surface area (TPSA) is 136 Å². The second-order valence-electron chi connectivity index (χ2n) is 5.62. The molecular formula is C18H14Br2N6O2. The molecule has 0 saturated heterocycles. The van der Waals surface area contributed by atoms with Crippen LogP contribution in [0.2, 0.25) is 0 Å². The summed E-state index contributed by atoms with van der Waals surface area (Å²) >= 11 is 6.68. The summed E-state index contributed by atoms with van der Waals surface area (Å²) in [5.74, 6) is 0.261. The summed E-state index contributed by atoms with van der Waals surface area (Å²) in [5.41, 5.74) is 11.7. The number of amides is 2. The highest BCUT2D eigenvalue weighted by molar-refractivity contribution is 9.11. The smallest absolute Gasteiger partial charge is 0.257 e. The van der Waals surface area contributed by atoms with Gasteiger partial charge < -0.3 is 22.1 Å². The fraction of sp³-hybridized carbons (Fsp3) is 0. The molecule has 0 radical (unpaired) electrons. The van der Waals surface area contributed by atoms with Crippen molar-refractivity contribution < 1.29 is 9.59 Å². The molecule has 8 nitrogen and oxygen atoms in total. The van der Waals surface area contributed by atoms with Crippen molar-refractivity contribution in [2.45, 2.75) is 0 Å². The van der Waals surface area contributed by atoms with Crippen LogP contribution in [0.4, 0.5) is 23.3 Å². The predicted molar refractivity (Wildman–Crippen MR) is 115 cm³/mol. The normalized spacial score (nSPS) is 10.4. The molecule has 0 fully saturated rings. The van der Waals surface area contributed by atoms with Crippen LogP contribution < -0.4 is 22.1 Å². The molecule has 2 aromatic heterocycles. The zero-order valence-corrected chi connectivity index (χ0v) is 17.4. The first kappa shape index (κ1) is 19.8. The van der Waals surface area contributed by atoms with Gasteiger partial charge in [-0.15, -0.1) is 0 Å². The van der Waals surface area contributed by atoms with Crippen LogP contribution in [-0.2, 0) is 0 Å². The fourth-order valence-corrected chi connectivity index (χ4v) is 3.66. The molecule has 0 aliphatic carbocycles. The Morgan fingerprint density at radius 1 is 0.750 bits per heavy atom. The van der Waals surface area contributed by atoms with Crippen LogP contribution in [0.1, 0.15) is 20.7 Å². The molecule has 2 heterocycles. The van der Waals surface area contributed by atoms with Crippen molar-refractivity contribution >= 4 is 66.9 Å². The highest BCUT2D eigenvalue weighted by Gasteiger charge is 2.18. The van der Waals surface area contributed by atoms with Gasteiger partial charge in [-0.2, -0.15) is 0 Å². The van der Waals surface area contributed by atoms with Gasteiger partial charge in [0.2, 0.25) is 0 Å². The quantitative estimate of drug-likeness (QED) is 0.427. The van der Waals surface area contributed by atoms with E-state index in [1.165, 1.54) is 6.07 Å². The zero-order valence-electron chi connectivity index (χ0n) is 14.2. The van der Waals surface area contributed by atoms with Gasteiger partial charge >= 0.3 is 0 Å². The summed E-state index contributed by atoms with van der Waals surface area (Å²) < 4.78 is 0.999. The Balaban J connectivity index is 1.87. The largest absolute Gasteiger partial charge is 0.384 e. The number of benzene rings is 1. The molecule has 0 saturated carbocycles. The maximum atomic E-state index is 12.6. The Morgan fingerprint density at radius 3 is 1.57 bits per heavy atom. The van der Waals surface area contributed by atoms with Gasteiger partial charge in [-0.25, -0.2) is 9.97 Å². The van der Waals surface area contributed by atoms with Gasteiger partial charge in [-0.3, -0.25) is 9.59 Å². The lowest BCUT2D eigenvalue weighted by atomic mass is 10.1. The molecule has 0 unspecified atom stereocenters. The molecule has 2 amide bonds. The van der Waals surface area contributed by atoms with E-state index in [2.05, 4.69) is 52.5 Å². The van der Waals surface area contributed by atoms with Gasteiger partial charge in [0.25, 0.3) is 11.8 Å². The number of nitrogen functional groups attached to an aromatic ring is 2. The molecule has 3 rings (SSSR count). The highest BCUT2D eigenvalue weighted by Crippen LogP contribution is 2.27. The third-order valence-electron chi connectivity index (χ3n) is 3.57. The molecule has 1 aromatic carbocycles. The van der Waals surface area contributed by atoms with Gasteiger partial charge in [0.1, 0.15) is 23.3 Å². The minimum Gasteiger partial charge on any atom is -0.384 e. The van der Waals surface area contributed by atoms with Crippen LogP contribution in [0.25, 0.3) is 0 Å². The van der Waals surface area contributed by atoms with E-state index in [9.17, 15) is 9.59 Å². The predicted octanol–water partition coefficient (Wildman–Crippen LogP) is 3.67. The lowest BCUT2D eigenvalue weighted by molar-refractivity contribution is 0.102. The van der Waals surface area contributed by atoms with Crippen LogP contribution in [0.15, 0.2) is 57.5 Å². The molecule has 142 valence electrons. The lowest BCUT2D eigenvalue weighted by Gasteiger charge is -2.11. The van der Waals surface area contributed by atoms with Crippen molar-refractivity contribution in [1.29, 1.82) is 0 Å². The minimum absolute atomic E-state index is 0.248. The average Bonchev–Trinajstić information content (AvgIpc) is 2.61. The summed E-state index contributed by atoms with van der Waals surface area (Å²) in [5, 5.41) is 5.29. The van der Waals surface area contributed by atoms with E-state index in [0.717, 1.165) is 0 Å². The monoisotopic (exact) mass is 504 g/mol. The number of pyridine rings is 2. The number of rotatable bonds is 4. The Kier molecular flexibility index (Phi) is 5.90. The molecule has 3 aromatic rings. The number of hydrogen-bond donors (Lipinski definition) is 4. The number of nitrogens with one attached hydrogen (secondary N) is 2. The summed E-state index contributed by atoms with van der Waals surface area (Å²) in [6.07, 6.45) is 0. The molecule has 0 atom stereocenters. The van der Waals surface area contributed by atoms with Crippen molar-refractivity contribution in [2.24, 2.45) is 0 Å². The van der Waals surface area contributed by atoms with Gasteiger partial charge in [0.05, 0.1) is 11.1 Å². The van der Waals surface area contributed by atoms with Gasteiger partial charge in [0, 0.05) is 8.95 Å². The number of hydrogen-bond acceptors (Lipinski definition) is 6. The minimum atomic E-state index is -0.450. The van der Waals surface area contributed by atoms with Crippen LogP contribution in [0.3, 0.4) is 0 Å². The molecule has 0 aliphatic heterocycles. The second kappa shape index (κ2) is 8.36. The Bertz CT molecular complexity index is 993. The van der Waals surface area contributed by atoms with Crippen LogP contribution in [0, 0.1) is 0 Å². The number of nitrogens with two attached hydrogens (primary N) is 2. The van der Waals surface area contributed by atoms with Crippen molar-refractivity contribution in [2.75, 3.05) is 22.1 Å². The summed E-state index contributed by atoms with van der Waals surface area (Å²) in [4.78, 5) is 33.3. The van der Waals surface area contributed by atoms with Gasteiger partial charge in [-0.1, -0.05) is 12.1 Å². The van der Waals surface area contributed by atoms with Crippen LogP contribution in [0.5, 0.6) is 0 Å². The molecular weight excluding hydrogens is 492 g/mol. The van der Waals surface area contributed by atoms with E-state index >= 15 is 0 Å². The first-order valence-corrected chi connectivity index (χ1v) is 9.49. The molecule has 0 aliphatic rings. The standard InChI is InChI=1S/C18H14Br2N6O2/c19-11-8-12(20)10(18(28)26-16-6-2-4-14(22)24-16)7-9(11)17(27)25-15-5-1-3-13(21)23-15/h1-8H,(H3,21,23,25,27)(H3,22,24,26,28). The Labute approximate surface area is 177 Å². The first-order valence-electron chi connectivity index (χ1n) is 7.90. The number of aromatic nitrogens is 2. The SMILES string of the molecule is Nc1cccc(NC(=O)c2cc(C(=O)Nc3cccc(N)n3)c(Br)cc2Br)n1. The zero-order chi connectivity index (χ0) is 20.3. The number of carbonyl (C=O) groups excluding carboxylic acids is 2. The lowest BCUT2D eigenvalue weighted by Crippen LogP contribution is -2.18. The third-order valence-corrected chi connectivity index (χ3v) is 4.88. The fourth-order valence-electron chi connectivity index (χ4n) is 2.31. The van der Waals surface area contributed by atoms with E-state index < -0.39 is 11.8 Å². The van der Waals surface area contributed by atoms with Gasteiger partial charge in [-0.05, 0) is 68.3 Å². The summed E-state index contributed by atoms with van der Waals surface area (Å²) in [6, 6.07) is 12.9. The van der Waals surface area contributed by atoms with Crippen LogP contribution in [-0.4, -0.2) is 21.8 Å². The molecule has 6 N–H and O–H groups in total. The first-order chi connectivity index (χ1) is 13.3. The number of nitrogens with zero attached hydrogens (tertiary/aromatic N) is 2. The maximum absolute atomic E-state index is 12.6. The maximum Gasteiger partial charge on any atom is 0.257 e. The van der Waals surface area contributed by atoms with Crippen molar-refractivity contribution in [1.82, 2.24) is 9.97 Å². The number of anilines is 4. The van der Waals surface area contributed by atoms with Gasteiger partial charge in [0.15, 0.2) is 0 Å². The molecule has 0 bridgehead atoms. The van der Waals surface area contributed by atoms with Crippen molar-refractivity contribution in [3.05, 3.63) is 68.6 Å². The molecule has 10 heteroatoms. The third kappa shape index (κ3) is 4.65. The van der Waals surface area contributed by atoms with Crippen molar-refractivity contribution in [3.8, 4) is 0 Å². The Morgan fingerprint density at radius 2 is 1.18 bits per heavy atom. The van der Waals surface area contributed by atoms with E-state index in [0.29, 0.717) is 20.6 Å². The van der Waals surface area contributed by atoms with E-state index in [1.807, 2.05) is 0 Å². The summed E-state index contributed by atoms with van der Waals surface area (Å²) in [6.45, 7) is 0. The second-order valence-corrected chi connectivity index (χ2v) is 7.32. The van der Waals surface area contributed by atoms with Crippen LogP contribution >= 0.6 is 31.9 Å². The molecule has 28 heavy (non-hydrogen) atoms. The summed E-state index contributed by atoms with van der Waals surface area (Å²) in [7, 11) is 0. The van der Waals surface area contributed by atoms with E-state index in [4.69, 9.17) is 11.5 Å². The van der Waals surface area contributed by atoms with E-state index in [1.54, 1.807) is 42.5 Å². The molecule has 0 spiro atoms. The number of carbonyl (C=O) groups is 2.